The van der Waals surface area contributed by atoms with E-state index in [2.05, 4.69) is 22.1 Å². The van der Waals surface area contributed by atoms with Crippen molar-refractivity contribution in [3.8, 4) is 11.8 Å². The third kappa shape index (κ3) is 3.01. The van der Waals surface area contributed by atoms with Crippen molar-refractivity contribution in [1.29, 1.82) is 0 Å². The maximum atomic E-state index is 11.9. The van der Waals surface area contributed by atoms with Crippen LogP contribution in [0.3, 0.4) is 0 Å². The Bertz CT molecular complexity index is 520. The monoisotopic (exact) mass is 269 g/mol. The molecule has 2 aliphatic heterocycles. The molecule has 2 heterocycles. The van der Waals surface area contributed by atoms with E-state index >= 15 is 0 Å². The smallest absolute Gasteiger partial charge is 0.298 e. The summed E-state index contributed by atoms with van der Waals surface area (Å²) in [5.74, 6) is 5.60. The van der Waals surface area contributed by atoms with Crippen molar-refractivity contribution in [2.75, 3.05) is 39.3 Å². The van der Waals surface area contributed by atoms with E-state index in [1.54, 1.807) is 0 Å². The summed E-state index contributed by atoms with van der Waals surface area (Å²) in [6, 6.07) is 10.2. The average molecular weight is 269 g/mol. The molecule has 1 amide bonds. The molecule has 0 aromatic heterocycles. The third-order valence-corrected chi connectivity index (χ3v) is 3.91. The zero-order valence-electron chi connectivity index (χ0n) is 11.5. The van der Waals surface area contributed by atoms with Crippen molar-refractivity contribution in [3.05, 3.63) is 35.9 Å². The lowest BCUT2D eigenvalue weighted by atomic mass is 10.1. The molecule has 0 saturated carbocycles. The van der Waals surface area contributed by atoms with Gasteiger partial charge in [-0.3, -0.25) is 9.69 Å². The number of piperazine rings is 1. The fourth-order valence-electron chi connectivity index (χ4n) is 2.63. The number of hydrogen-bond donors (Lipinski definition) is 1. The Balaban J connectivity index is 1.50. The predicted octanol–water partition coefficient (Wildman–Crippen LogP) is 0.154. The summed E-state index contributed by atoms with van der Waals surface area (Å²) in [5, 5.41) is 3.35. The van der Waals surface area contributed by atoms with Gasteiger partial charge in [-0.2, -0.15) is 0 Å². The van der Waals surface area contributed by atoms with Crippen LogP contribution in [0.5, 0.6) is 0 Å². The number of nitrogens with one attached hydrogen (secondary N) is 1. The Hall–Kier alpha value is -1.83. The van der Waals surface area contributed by atoms with E-state index in [0.29, 0.717) is 6.04 Å². The minimum absolute atomic E-state index is 0.0553. The van der Waals surface area contributed by atoms with E-state index < -0.39 is 0 Å². The molecule has 0 atom stereocenters. The molecule has 0 aliphatic carbocycles. The maximum Gasteiger partial charge on any atom is 0.298 e. The van der Waals surface area contributed by atoms with Crippen LogP contribution in [-0.2, 0) is 4.79 Å². The van der Waals surface area contributed by atoms with Crippen LogP contribution in [0, 0.1) is 11.8 Å². The van der Waals surface area contributed by atoms with Crippen molar-refractivity contribution in [2.24, 2.45) is 0 Å². The van der Waals surface area contributed by atoms with Gasteiger partial charge in [0, 0.05) is 56.8 Å². The first kappa shape index (κ1) is 13.2. The first-order chi connectivity index (χ1) is 9.83. The largest absolute Gasteiger partial charge is 0.329 e. The van der Waals surface area contributed by atoms with E-state index in [1.165, 1.54) is 0 Å². The van der Waals surface area contributed by atoms with Gasteiger partial charge in [-0.05, 0) is 12.1 Å². The van der Waals surface area contributed by atoms with Crippen LogP contribution in [0.1, 0.15) is 5.56 Å². The molecule has 20 heavy (non-hydrogen) atoms. The van der Waals surface area contributed by atoms with Crippen LogP contribution < -0.4 is 5.32 Å². The summed E-state index contributed by atoms with van der Waals surface area (Å²) < 4.78 is 0. The molecule has 0 unspecified atom stereocenters. The van der Waals surface area contributed by atoms with Gasteiger partial charge < -0.3 is 10.2 Å². The second-order valence-corrected chi connectivity index (χ2v) is 5.27. The topological polar surface area (TPSA) is 35.6 Å². The second-order valence-electron chi connectivity index (χ2n) is 5.27. The molecule has 4 heteroatoms. The van der Waals surface area contributed by atoms with Crippen molar-refractivity contribution in [3.63, 3.8) is 0 Å². The lowest BCUT2D eigenvalue weighted by molar-refractivity contribution is -0.132. The molecule has 4 nitrogen and oxygen atoms in total. The number of carbonyl (C=O) groups is 1. The summed E-state index contributed by atoms with van der Waals surface area (Å²) in [5.41, 5.74) is 0.889. The molecule has 1 N–H and O–H groups in total. The van der Waals surface area contributed by atoms with Gasteiger partial charge >= 0.3 is 0 Å². The number of hydrogen-bond acceptors (Lipinski definition) is 3. The van der Waals surface area contributed by atoms with Crippen LogP contribution >= 0.6 is 0 Å². The molecule has 0 spiro atoms. The highest BCUT2D eigenvalue weighted by Crippen LogP contribution is 2.15. The van der Waals surface area contributed by atoms with Gasteiger partial charge in [0.15, 0.2) is 0 Å². The fraction of sp³-hybridized carbons (Fsp3) is 0.438. The number of benzene rings is 1. The lowest BCUT2D eigenvalue weighted by Crippen LogP contribution is -2.63. The zero-order chi connectivity index (χ0) is 13.8. The van der Waals surface area contributed by atoms with Gasteiger partial charge in [0.05, 0.1) is 0 Å². The van der Waals surface area contributed by atoms with Crippen LogP contribution in [-0.4, -0.2) is 61.0 Å². The second kappa shape index (κ2) is 6.08. The van der Waals surface area contributed by atoms with Crippen LogP contribution in [0.4, 0.5) is 0 Å². The Kier molecular flexibility index (Phi) is 4.00. The van der Waals surface area contributed by atoms with E-state index in [1.807, 2.05) is 35.2 Å². The van der Waals surface area contributed by atoms with Crippen LogP contribution in [0.25, 0.3) is 0 Å². The van der Waals surface area contributed by atoms with E-state index in [9.17, 15) is 4.79 Å². The molecule has 2 aliphatic rings. The van der Waals surface area contributed by atoms with Gasteiger partial charge in [-0.1, -0.05) is 24.1 Å². The van der Waals surface area contributed by atoms with E-state index in [4.69, 9.17) is 0 Å². The van der Waals surface area contributed by atoms with Gasteiger partial charge in [0.2, 0.25) is 0 Å². The van der Waals surface area contributed by atoms with Gasteiger partial charge in [0.1, 0.15) is 0 Å². The fourth-order valence-corrected chi connectivity index (χ4v) is 2.63. The molecule has 0 bridgehead atoms. The summed E-state index contributed by atoms with van der Waals surface area (Å²) in [4.78, 5) is 16.2. The molecule has 2 saturated heterocycles. The molecule has 104 valence electrons. The quantitative estimate of drug-likeness (QED) is 0.738. The number of nitrogens with zero attached hydrogens (tertiary/aromatic N) is 2. The normalized spacial score (nSPS) is 19.9. The van der Waals surface area contributed by atoms with Crippen molar-refractivity contribution in [2.45, 2.75) is 6.04 Å². The highest BCUT2D eigenvalue weighted by Gasteiger charge is 2.34. The highest BCUT2D eigenvalue weighted by molar-refractivity contribution is 5.94. The van der Waals surface area contributed by atoms with Gasteiger partial charge in [-0.25, -0.2) is 0 Å². The van der Waals surface area contributed by atoms with Crippen molar-refractivity contribution >= 4 is 5.91 Å². The molecule has 1 aromatic carbocycles. The first-order valence-corrected chi connectivity index (χ1v) is 7.14. The van der Waals surface area contributed by atoms with Crippen LogP contribution in [0.2, 0.25) is 0 Å². The van der Waals surface area contributed by atoms with Crippen LogP contribution in [0.15, 0.2) is 30.3 Å². The molecular weight excluding hydrogens is 250 g/mol. The Labute approximate surface area is 119 Å². The maximum absolute atomic E-state index is 11.9. The molecule has 0 radical (unpaired) electrons. The van der Waals surface area contributed by atoms with E-state index in [0.717, 1.165) is 44.8 Å². The lowest BCUT2D eigenvalue weighted by Gasteiger charge is -2.46. The highest BCUT2D eigenvalue weighted by atomic mass is 16.2. The third-order valence-electron chi connectivity index (χ3n) is 3.91. The first-order valence-electron chi connectivity index (χ1n) is 7.14. The van der Waals surface area contributed by atoms with E-state index in [-0.39, 0.29) is 5.91 Å². The van der Waals surface area contributed by atoms with Gasteiger partial charge in [0.25, 0.3) is 5.91 Å². The number of likely N-dealkylation sites (tertiary alicyclic amines) is 1. The summed E-state index contributed by atoms with van der Waals surface area (Å²) in [6.45, 7) is 5.92. The Morgan fingerprint density at radius 1 is 1.15 bits per heavy atom. The number of amides is 1. The number of carbonyl (C=O) groups excluding carboxylic acids is 1. The summed E-state index contributed by atoms with van der Waals surface area (Å²) in [7, 11) is 0. The standard InChI is InChI=1S/C16H19N3O/c20-16(7-6-14-4-2-1-3-5-14)19-12-15(13-19)18-10-8-17-9-11-18/h1-5,15,17H,8-13H2. The number of rotatable bonds is 1. The minimum Gasteiger partial charge on any atom is -0.329 e. The SMILES string of the molecule is O=C(C#Cc1ccccc1)N1CC(N2CCNCC2)C1. The Morgan fingerprint density at radius 3 is 2.55 bits per heavy atom. The summed E-state index contributed by atoms with van der Waals surface area (Å²) >= 11 is 0. The summed E-state index contributed by atoms with van der Waals surface area (Å²) in [6.07, 6.45) is 0. The zero-order valence-corrected chi connectivity index (χ0v) is 11.5. The minimum atomic E-state index is -0.0553. The average Bonchev–Trinajstić information content (AvgIpc) is 2.46. The molecule has 3 rings (SSSR count). The van der Waals surface area contributed by atoms with Crippen molar-refractivity contribution < 1.29 is 4.79 Å². The molecular formula is C16H19N3O. The molecule has 1 aromatic rings. The Morgan fingerprint density at radius 2 is 1.85 bits per heavy atom. The van der Waals surface area contributed by atoms with Gasteiger partial charge in [-0.15, -0.1) is 0 Å². The molecule has 2 fully saturated rings. The predicted molar refractivity (Wildman–Crippen MR) is 78.1 cm³/mol. The van der Waals surface area contributed by atoms with Crippen molar-refractivity contribution in [1.82, 2.24) is 15.1 Å².